The third-order valence-corrected chi connectivity index (χ3v) is 4.28. The maximum atomic E-state index is 11.0. The van der Waals surface area contributed by atoms with E-state index in [2.05, 4.69) is 36.1 Å². The lowest BCUT2D eigenvalue weighted by atomic mass is 10.0. The number of carbonyl (C=O) groups is 1. The van der Waals surface area contributed by atoms with Crippen LogP contribution in [-0.2, 0) is 11.3 Å². The lowest BCUT2D eigenvalue weighted by molar-refractivity contribution is -0.141. The average molecular weight is 352 g/mol. The van der Waals surface area contributed by atoms with Crippen molar-refractivity contribution in [1.29, 1.82) is 0 Å². The Morgan fingerprint density at radius 3 is 2.67 bits per heavy atom. The zero-order valence-corrected chi connectivity index (χ0v) is 14.6. The molecular weight excluding hydrogens is 330 g/mol. The Kier molecular flexibility index (Phi) is 5.96. The molecule has 2 heterocycles. The summed E-state index contributed by atoms with van der Waals surface area (Å²) in [5, 5.41) is 13.1. The van der Waals surface area contributed by atoms with E-state index in [9.17, 15) is 4.79 Å². The highest BCUT2D eigenvalue weighted by molar-refractivity contribution is 5.85. The van der Waals surface area contributed by atoms with Gasteiger partial charge in [-0.25, -0.2) is 0 Å². The predicted molar refractivity (Wildman–Crippen MR) is 92.1 cm³/mol. The highest BCUT2D eigenvalue weighted by atomic mass is 35.5. The summed E-state index contributed by atoms with van der Waals surface area (Å²) in [7, 11) is 0. The standard InChI is InChI=1S/C17H21N3O3.ClH/c1-11(2)12-3-5-13(6-4-12)16-18-15(23-19-16)10-20-8-7-14(9-20)17(21)22;/h3-6,11,14H,7-10H2,1-2H3,(H,21,22);1H. The first-order valence-electron chi connectivity index (χ1n) is 7.91. The first-order chi connectivity index (χ1) is 11.0. The first kappa shape index (κ1) is 18.4. The van der Waals surface area contributed by atoms with Crippen molar-refractivity contribution in [2.45, 2.75) is 32.7 Å². The van der Waals surface area contributed by atoms with Gasteiger partial charge in [0.25, 0.3) is 0 Å². The van der Waals surface area contributed by atoms with Gasteiger partial charge in [0.05, 0.1) is 12.5 Å². The van der Waals surface area contributed by atoms with Gasteiger partial charge in [0.15, 0.2) is 0 Å². The van der Waals surface area contributed by atoms with Crippen LogP contribution in [0.1, 0.15) is 37.6 Å². The fourth-order valence-electron chi connectivity index (χ4n) is 2.82. The van der Waals surface area contributed by atoms with Crippen LogP contribution in [0.4, 0.5) is 0 Å². The van der Waals surface area contributed by atoms with Crippen molar-refractivity contribution in [3.63, 3.8) is 0 Å². The number of hydrogen-bond acceptors (Lipinski definition) is 5. The number of benzene rings is 1. The predicted octanol–water partition coefficient (Wildman–Crippen LogP) is 3.19. The number of carboxylic acid groups (broad SMARTS) is 1. The fourth-order valence-corrected chi connectivity index (χ4v) is 2.82. The molecule has 130 valence electrons. The molecule has 0 spiro atoms. The zero-order valence-electron chi connectivity index (χ0n) is 13.8. The maximum Gasteiger partial charge on any atom is 0.307 e. The van der Waals surface area contributed by atoms with Crippen LogP contribution in [0.2, 0.25) is 0 Å². The van der Waals surface area contributed by atoms with Crippen LogP contribution >= 0.6 is 12.4 Å². The molecule has 1 fully saturated rings. The highest BCUT2D eigenvalue weighted by Gasteiger charge is 2.28. The Balaban J connectivity index is 0.00000208. The molecule has 7 heteroatoms. The molecule has 1 aliphatic heterocycles. The summed E-state index contributed by atoms with van der Waals surface area (Å²) in [5.41, 5.74) is 2.20. The van der Waals surface area contributed by atoms with E-state index >= 15 is 0 Å². The number of hydrogen-bond donors (Lipinski definition) is 1. The van der Waals surface area contributed by atoms with E-state index in [-0.39, 0.29) is 18.3 Å². The van der Waals surface area contributed by atoms with Crippen LogP contribution in [0.15, 0.2) is 28.8 Å². The number of likely N-dealkylation sites (tertiary alicyclic amines) is 1. The molecular formula is C17H22ClN3O3. The third-order valence-electron chi connectivity index (χ3n) is 4.28. The van der Waals surface area contributed by atoms with Crippen LogP contribution in [0.25, 0.3) is 11.4 Å². The minimum absolute atomic E-state index is 0. The number of halogens is 1. The molecule has 1 atom stereocenters. The van der Waals surface area contributed by atoms with E-state index in [1.807, 2.05) is 17.0 Å². The van der Waals surface area contributed by atoms with Gasteiger partial charge in [-0.3, -0.25) is 9.69 Å². The highest BCUT2D eigenvalue weighted by Crippen LogP contribution is 2.22. The Labute approximate surface area is 147 Å². The Hall–Kier alpha value is -1.92. The molecule has 3 rings (SSSR count). The van der Waals surface area contributed by atoms with Crippen molar-refractivity contribution < 1.29 is 14.4 Å². The van der Waals surface area contributed by atoms with Crippen molar-refractivity contribution in [2.75, 3.05) is 13.1 Å². The molecule has 0 radical (unpaired) electrons. The SMILES string of the molecule is CC(C)c1ccc(-c2noc(CN3CCC(C(=O)O)C3)n2)cc1.Cl. The van der Waals surface area contributed by atoms with Gasteiger partial charge in [-0.1, -0.05) is 43.3 Å². The van der Waals surface area contributed by atoms with Gasteiger partial charge in [-0.15, -0.1) is 12.4 Å². The van der Waals surface area contributed by atoms with Gasteiger partial charge < -0.3 is 9.63 Å². The molecule has 6 nitrogen and oxygen atoms in total. The molecule has 0 bridgehead atoms. The van der Waals surface area contributed by atoms with Gasteiger partial charge in [0.2, 0.25) is 11.7 Å². The second-order valence-electron chi connectivity index (χ2n) is 6.35. The number of aromatic nitrogens is 2. The summed E-state index contributed by atoms with van der Waals surface area (Å²) in [6.45, 7) is 6.10. The maximum absolute atomic E-state index is 11.0. The molecule has 1 saturated heterocycles. The number of carboxylic acids is 1. The van der Waals surface area contributed by atoms with Crippen molar-refractivity contribution in [1.82, 2.24) is 15.0 Å². The van der Waals surface area contributed by atoms with Gasteiger partial charge >= 0.3 is 5.97 Å². The smallest absolute Gasteiger partial charge is 0.307 e. The Morgan fingerprint density at radius 1 is 1.38 bits per heavy atom. The first-order valence-corrected chi connectivity index (χ1v) is 7.91. The summed E-state index contributed by atoms with van der Waals surface area (Å²) in [4.78, 5) is 17.4. The van der Waals surface area contributed by atoms with Crippen LogP contribution < -0.4 is 0 Å². The second-order valence-corrected chi connectivity index (χ2v) is 6.35. The van der Waals surface area contributed by atoms with Crippen molar-refractivity contribution in [3.05, 3.63) is 35.7 Å². The van der Waals surface area contributed by atoms with Crippen molar-refractivity contribution in [2.24, 2.45) is 5.92 Å². The van der Waals surface area contributed by atoms with Gasteiger partial charge in [-0.2, -0.15) is 4.98 Å². The third kappa shape index (κ3) is 4.13. The van der Waals surface area contributed by atoms with E-state index in [4.69, 9.17) is 9.63 Å². The van der Waals surface area contributed by atoms with E-state index in [0.29, 0.717) is 37.1 Å². The molecule has 24 heavy (non-hydrogen) atoms. The summed E-state index contributed by atoms with van der Waals surface area (Å²) in [6, 6.07) is 8.16. The van der Waals surface area contributed by atoms with Crippen LogP contribution in [-0.4, -0.2) is 39.2 Å². The largest absolute Gasteiger partial charge is 0.481 e. The molecule has 2 aromatic rings. The fraction of sp³-hybridized carbons (Fsp3) is 0.471. The lowest BCUT2D eigenvalue weighted by Crippen LogP contribution is -2.22. The number of aliphatic carboxylic acids is 1. The molecule has 1 N–H and O–H groups in total. The van der Waals surface area contributed by atoms with Crippen LogP contribution in [0.3, 0.4) is 0 Å². The van der Waals surface area contributed by atoms with E-state index in [1.54, 1.807) is 0 Å². The average Bonchev–Trinajstić information content (AvgIpc) is 3.17. The number of nitrogens with zero attached hydrogens (tertiary/aromatic N) is 3. The molecule has 0 saturated carbocycles. The van der Waals surface area contributed by atoms with Crippen LogP contribution in [0.5, 0.6) is 0 Å². The van der Waals surface area contributed by atoms with E-state index in [1.165, 1.54) is 5.56 Å². The number of rotatable bonds is 5. The normalized spacial score (nSPS) is 17.9. The molecule has 1 aliphatic rings. The Bertz CT molecular complexity index is 685. The van der Waals surface area contributed by atoms with Gasteiger partial charge in [0, 0.05) is 12.1 Å². The summed E-state index contributed by atoms with van der Waals surface area (Å²) in [5.74, 6) is 0.565. The summed E-state index contributed by atoms with van der Waals surface area (Å²) < 4.78 is 5.30. The summed E-state index contributed by atoms with van der Waals surface area (Å²) >= 11 is 0. The minimum Gasteiger partial charge on any atom is -0.481 e. The van der Waals surface area contributed by atoms with Crippen molar-refractivity contribution >= 4 is 18.4 Å². The monoisotopic (exact) mass is 351 g/mol. The quantitative estimate of drug-likeness (QED) is 0.891. The zero-order chi connectivity index (χ0) is 16.4. The molecule has 0 amide bonds. The van der Waals surface area contributed by atoms with E-state index < -0.39 is 5.97 Å². The van der Waals surface area contributed by atoms with Crippen LogP contribution in [0, 0.1) is 5.92 Å². The molecule has 1 unspecified atom stereocenters. The Morgan fingerprint density at radius 2 is 2.08 bits per heavy atom. The molecule has 0 aliphatic carbocycles. The molecule has 1 aromatic heterocycles. The summed E-state index contributed by atoms with van der Waals surface area (Å²) in [6.07, 6.45) is 0.674. The molecule has 1 aromatic carbocycles. The lowest BCUT2D eigenvalue weighted by Gasteiger charge is -2.11. The van der Waals surface area contributed by atoms with E-state index in [0.717, 1.165) is 12.1 Å². The second kappa shape index (κ2) is 7.77. The van der Waals surface area contributed by atoms with Crippen molar-refractivity contribution in [3.8, 4) is 11.4 Å². The van der Waals surface area contributed by atoms with Gasteiger partial charge in [-0.05, 0) is 24.4 Å². The topological polar surface area (TPSA) is 79.5 Å². The van der Waals surface area contributed by atoms with Gasteiger partial charge in [0.1, 0.15) is 0 Å². The minimum atomic E-state index is -0.732.